The van der Waals surface area contributed by atoms with Crippen LogP contribution >= 0.6 is 0 Å². The minimum absolute atomic E-state index is 2.00. The molecule has 1 heteroatoms. The third kappa shape index (κ3) is 1.74. The van der Waals surface area contributed by atoms with Crippen molar-refractivity contribution in [1.29, 1.82) is 0 Å². The van der Waals surface area contributed by atoms with E-state index in [0.717, 1.165) is 0 Å². The predicted octanol–water partition coefficient (Wildman–Crippen LogP) is 1.13. The minimum atomic E-state index is 2.00. The van der Waals surface area contributed by atoms with Crippen LogP contribution in [0.25, 0.3) is 0 Å². The van der Waals surface area contributed by atoms with Crippen molar-refractivity contribution in [2.75, 3.05) is 0 Å². The second-order valence-electron chi connectivity index (χ2n) is 1.54. The van der Waals surface area contributed by atoms with Gasteiger partial charge in [-0.3, -0.25) is 0 Å². The third-order valence-corrected chi connectivity index (χ3v) is 0.889. The summed E-state index contributed by atoms with van der Waals surface area (Å²) < 4.78 is 0. The van der Waals surface area contributed by atoms with E-state index in [2.05, 4.69) is 0 Å². The summed E-state index contributed by atoms with van der Waals surface area (Å²) in [5.41, 5.74) is 0. The predicted molar refractivity (Wildman–Crippen MR) is 39.2 cm³/mol. The molecule has 0 aromatic rings. The Balaban J connectivity index is 2.67. The van der Waals surface area contributed by atoms with Gasteiger partial charge in [0, 0.05) is 0 Å². The topological polar surface area (TPSA) is 0 Å². The molecule has 0 spiro atoms. The Morgan fingerprint density at radius 3 is 2.50 bits per heavy atom. The van der Waals surface area contributed by atoms with Gasteiger partial charge in [-0.25, -0.2) is 0 Å². The molecule has 0 fully saturated rings. The molecule has 0 radical (unpaired) electrons. The van der Waals surface area contributed by atoms with Gasteiger partial charge in [-0.05, 0) is 0 Å². The van der Waals surface area contributed by atoms with Crippen molar-refractivity contribution in [1.82, 2.24) is 0 Å². The number of rotatable bonds is 0. The van der Waals surface area contributed by atoms with Crippen molar-refractivity contribution in [3.05, 3.63) is 36.4 Å². The Bertz CT molecular complexity index is 105. The van der Waals surface area contributed by atoms with Crippen LogP contribution in [0, 0.1) is 0 Å². The van der Waals surface area contributed by atoms with E-state index in [1.54, 1.807) is 0 Å². The first-order valence-corrected chi connectivity index (χ1v) is 2.67. The molecule has 0 nitrogen and oxygen atoms in total. The molecule has 1 heterocycles. The molecule has 0 amide bonds. The molecule has 0 aliphatic carbocycles. The molecular formula is C7H7B. The first-order valence-electron chi connectivity index (χ1n) is 2.67. The van der Waals surface area contributed by atoms with Gasteiger partial charge in [0.2, 0.25) is 0 Å². The molecule has 0 N–H and O–H groups in total. The van der Waals surface area contributed by atoms with Crippen molar-refractivity contribution in [3.8, 4) is 0 Å². The summed E-state index contributed by atoms with van der Waals surface area (Å²) in [6.45, 7) is 2.00. The van der Waals surface area contributed by atoms with Crippen molar-refractivity contribution >= 4 is 12.9 Å². The molecular weight excluding hydrogens is 94.9 g/mol. The van der Waals surface area contributed by atoms with Crippen LogP contribution < -0.4 is 0 Å². The second kappa shape index (κ2) is 3.19. The van der Waals surface area contributed by atoms with E-state index in [1.165, 1.54) is 0 Å². The average molecular weight is 102 g/mol. The molecule has 0 aromatic heterocycles. The molecule has 0 saturated carbocycles. The van der Waals surface area contributed by atoms with Crippen LogP contribution in [0.3, 0.4) is 0 Å². The summed E-state index contributed by atoms with van der Waals surface area (Å²) in [5.74, 6) is 4.00. The molecule has 0 unspecified atom stereocenters. The normalized spacial score (nSPS) is 30.0. The zero-order valence-corrected chi connectivity index (χ0v) is 4.62. The number of allylic oxidation sites excluding steroid dienone is 5. The van der Waals surface area contributed by atoms with Crippen LogP contribution in [-0.2, 0) is 0 Å². The van der Waals surface area contributed by atoms with Crippen LogP contribution in [0.2, 0.25) is 0 Å². The van der Waals surface area contributed by atoms with Crippen LogP contribution in [0.15, 0.2) is 36.4 Å². The Kier molecular flexibility index (Phi) is 2.11. The van der Waals surface area contributed by atoms with Crippen LogP contribution in [0.1, 0.15) is 0 Å². The van der Waals surface area contributed by atoms with Crippen LogP contribution in [-0.4, -0.2) is 12.9 Å². The molecule has 1 rings (SSSR count). The second-order valence-corrected chi connectivity index (χ2v) is 1.54. The quantitative estimate of drug-likeness (QED) is 0.402. The summed E-state index contributed by atoms with van der Waals surface area (Å²) in [6, 6.07) is 0. The summed E-state index contributed by atoms with van der Waals surface area (Å²) in [6.07, 6.45) is 10.0. The van der Waals surface area contributed by atoms with E-state index in [4.69, 9.17) is 0 Å². The molecule has 0 saturated heterocycles. The average Bonchev–Trinajstić information content (AvgIpc) is 1.62. The fourth-order valence-electron chi connectivity index (χ4n) is 0.513. The third-order valence-electron chi connectivity index (χ3n) is 0.889. The van der Waals surface area contributed by atoms with Crippen LogP contribution in [0.4, 0.5) is 0 Å². The molecule has 38 valence electrons. The zero-order chi connectivity index (χ0) is 5.66. The standard InChI is InChI=1S/C7H7B/c1-2-4-6-8-7-5-3-1/h1-7H/b2-1-,3-1?,4-2?,5-3-,6-4-,7-5?. The molecule has 0 atom stereocenters. The number of hydrogen-bond acceptors (Lipinski definition) is 0. The van der Waals surface area contributed by atoms with E-state index in [0.29, 0.717) is 0 Å². The SMILES string of the molecule is B1=C\C=C/C=C\C=C/1. The van der Waals surface area contributed by atoms with Crippen molar-refractivity contribution < 1.29 is 0 Å². The summed E-state index contributed by atoms with van der Waals surface area (Å²) in [5, 5.41) is 0. The van der Waals surface area contributed by atoms with E-state index >= 15 is 0 Å². The number of hydrogen-bond donors (Lipinski definition) is 0. The fraction of sp³-hybridized carbons (Fsp3) is 0. The fourth-order valence-corrected chi connectivity index (χ4v) is 0.513. The van der Waals surface area contributed by atoms with E-state index in [-0.39, 0.29) is 0 Å². The van der Waals surface area contributed by atoms with Gasteiger partial charge >= 0.3 is 49.2 Å². The van der Waals surface area contributed by atoms with E-state index < -0.39 is 0 Å². The Morgan fingerprint density at radius 1 is 0.750 bits per heavy atom. The van der Waals surface area contributed by atoms with Crippen molar-refractivity contribution in [3.63, 3.8) is 0 Å². The van der Waals surface area contributed by atoms with Crippen molar-refractivity contribution in [2.45, 2.75) is 0 Å². The first kappa shape index (κ1) is 5.29. The van der Waals surface area contributed by atoms with E-state index in [9.17, 15) is 0 Å². The molecule has 0 aromatic carbocycles. The Morgan fingerprint density at radius 2 is 1.50 bits per heavy atom. The Labute approximate surface area is 50.1 Å². The van der Waals surface area contributed by atoms with Gasteiger partial charge in [-0.15, -0.1) is 0 Å². The first-order chi connectivity index (χ1) is 4.00. The van der Waals surface area contributed by atoms with E-state index in [1.807, 2.05) is 49.2 Å². The van der Waals surface area contributed by atoms with Gasteiger partial charge < -0.3 is 0 Å². The molecule has 1 aliphatic heterocycles. The van der Waals surface area contributed by atoms with Gasteiger partial charge in [0.15, 0.2) is 0 Å². The maximum absolute atomic E-state index is 2.00. The van der Waals surface area contributed by atoms with Gasteiger partial charge in [0.25, 0.3) is 0 Å². The van der Waals surface area contributed by atoms with Gasteiger partial charge in [-0.2, -0.15) is 0 Å². The molecule has 1 aliphatic rings. The van der Waals surface area contributed by atoms with Gasteiger partial charge in [0.1, 0.15) is 0 Å². The zero-order valence-electron chi connectivity index (χ0n) is 4.62. The summed E-state index contributed by atoms with van der Waals surface area (Å²) in [4.78, 5) is 0. The maximum atomic E-state index is 2.00. The van der Waals surface area contributed by atoms with Gasteiger partial charge in [0.05, 0.1) is 0 Å². The van der Waals surface area contributed by atoms with Crippen molar-refractivity contribution in [2.24, 2.45) is 0 Å². The molecule has 8 heavy (non-hydrogen) atoms. The Hall–Kier alpha value is -0.845. The molecule has 0 bridgehead atoms. The van der Waals surface area contributed by atoms with Gasteiger partial charge in [-0.1, -0.05) is 0 Å². The summed E-state index contributed by atoms with van der Waals surface area (Å²) in [7, 11) is 0. The van der Waals surface area contributed by atoms with Crippen LogP contribution in [0.5, 0.6) is 0 Å². The monoisotopic (exact) mass is 102 g/mol. The summed E-state index contributed by atoms with van der Waals surface area (Å²) >= 11 is 0.